The molecule has 0 unspecified atom stereocenters. The van der Waals surface area contributed by atoms with Crippen LogP contribution in [-0.2, 0) is 17.1 Å². The molecule has 1 saturated heterocycles. The maximum absolute atomic E-state index is 14.1. The molecule has 0 amide bonds. The Kier molecular flexibility index (Phi) is 3.96. The number of halogens is 1. The Labute approximate surface area is 113 Å². The molecule has 0 aliphatic carbocycles. The molecular formula is C12H20FN3O2S. The zero-order valence-corrected chi connectivity index (χ0v) is 12.3. The van der Waals surface area contributed by atoms with E-state index in [2.05, 4.69) is 5.10 Å². The van der Waals surface area contributed by atoms with Crippen molar-refractivity contribution in [3.05, 3.63) is 12.4 Å². The lowest BCUT2D eigenvalue weighted by molar-refractivity contribution is 0.101. The van der Waals surface area contributed by atoms with Gasteiger partial charge < -0.3 is 0 Å². The summed E-state index contributed by atoms with van der Waals surface area (Å²) < 4.78 is 41.4. The lowest BCUT2D eigenvalue weighted by Crippen LogP contribution is -2.46. The van der Waals surface area contributed by atoms with Crippen molar-refractivity contribution >= 4 is 10.0 Å². The molecule has 7 heteroatoms. The monoisotopic (exact) mass is 289 g/mol. The fourth-order valence-electron chi connectivity index (χ4n) is 2.55. The summed E-state index contributed by atoms with van der Waals surface area (Å²) in [5.74, 6) is 0.179. The largest absolute Gasteiger partial charge is 0.274 e. The van der Waals surface area contributed by atoms with E-state index in [1.807, 2.05) is 13.8 Å². The van der Waals surface area contributed by atoms with Crippen molar-refractivity contribution in [1.29, 1.82) is 0 Å². The van der Waals surface area contributed by atoms with Crippen LogP contribution in [0.4, 0.5) is 4.39 Å². The van der Waals surface area contributed by atoms with Gasteiger partial charge in [0.05, 0.1) is 6.20 Å². The first kappa shape index (κ1) is 14.5. The van der Waals surface area contributed by atoms with E-state index >= 15 is 0 Å². The van der Waals surface area contributed by atoms with Crippen LogP contribution in [0.5, 0.6) is 0 Å². The fraction of sp³-hybridized carbons (Fsp3) is 0.750. The van der Waals surface area contributed by atoms with E-state index in [4.69, 9.17) is 0 Å². The molecule has 0 spiro atoms. The van der Waals surface area contributed by atoms with Crippen LogP contribution in [-0.4, -0.2) is 41.8 Å². The summed E-state index contributed by atoms with van der Waals surface area (Å²) in [6.07, 6.45) is 2.22. The molecule has 0 radical (unpaired) electrons. The maximum atomic E-state index is 14.1. The van der Waals surface area contributed by atoms with Crippen molar-refractivity contribution in [2.75, 3.05) is 13.1 Å². The maximum Gasteiger partial charge on any atom is 0.246 e. The highest BCUT2D eigenvalue weighted by Gasteiger charge is 2.37. The average molecular weight is 289 g/mol. The molecule has 0 aromatic carbocycles. The second-order valence-electron chi connectivity index (χ2n) is 5.43. The smallest absolute Gasteiger partial charge is 0.246 e. The first-order chi connectivity index (χ1) is 8.82. The number of aryl methyl sites for hydroxylation is 1. The van der Waals surface area contributed by atoms with Gasteiger partial charge in [0, 0.05) is 26.3 Å². The minimum atomic E-state index is -3.61. The van der Waals surface area contributed by atoms with E-state index in [1.165, 1.54) is 21.4 Å². The molecule has 19 heavy (non-hydrogen) atoms. The van der Waals surface area contributed by atoms with Gasteiger partial charge >= 0.3 is 0 Å². The van der Waals surface area contributed by atoms with E-state index in [0.717, 1.165) is 0 Å². The van der Waals surface area contributed by atoms with E-state index in [1.54, 1.807) is 7.05 Å². The van der Waals surface area contributed by atoms with Gasteiger partial charge in [-0.25, -0.2) is 12.8 Å². The van der Waals surface area contributed by atoms with Crippen LogP contribution in [0, 0.1) is 11.8 Å². The SMILES string of the molecule is CC(C)[C@@H]1CCN(S(=O)(=O)c2cnn(C)c2)C[C@@H]1F. The molecule has 1 aromatic rings. The number of nitrogens with zero attached hydrogens (tertiary/aromatic N) is 3. The third kappa shape index (κ3) is 2.81. The molecule has 108 valence electrons. The normalized spacial score (nSPS) is 25.9. The van der Waals surface area contributed by atoms with Gasteiger partial charge in [-0.1, -0.05) is 13.8 Å². The average Bonchev–Trinajstić information content (AvgIpc) is 2.76. The highest BCUT2D eigenvalue weighted by Crippen LogP contribution is 2.30. The molecule has 2 rings (SSSR count). The molecule has 0 N–H and O–H groups in total. The zero-order chi connectivity index (χ0) is 14.2. The van der Waals surface area contributed by atoms with Gasteiger partial charge in [0.2, 0.25) is 10.0 Å². The Balaban J connectivity index is 2.16. The molecule has 1 aromatic heterocycles. The van der Waals surface area contributed by atoms with E-state index in [0.29, 0.717) is 13.0 Å². The first-order valence-corrected chi connectivity index (χ1v) is 7.89. The van der Waals surface area contributed by atoms with E-state index in [-0.39, 0.29) is 23.3 Å². The van der Waals surface area contributed by atoms with Crippen molar-refractivity contribution in [1.82, 2.24) is 14.1 Å². The summed E-state index contributed by atoms with van der Waals surface area (Å²) >= 11 is 0. The Bertz CT molecular complexity index is 541. The van der Waals surface area contributed by atoms with Crippen molar-refractivity contribution in [2.24, 2.45) is 18.9 Å². The minimum absolute atomic E-state index is 0.0552. The second kappa shape index (κ2) is 5.20. The quantitative estimate of drug-likeness (QED) is 0.845. The molecule has 1 aliphatic rings. The van der Waals surface area contributed by atoms with Gasteiger partial charge in [-0.15, -0.1) is 0 Å². The third-order valence-corrected chi connectivity index (χ3v) is 5.55. The van der Waals surface area contributed by atoms with Gasteiger partial charge in [0.1, 0.15) is 11.1 Å². The topological polar surface area (TPSA) is 55.2 Å². The van der Waals surface area contributed by atoms with Crippen molar-refractivity contribution in [2.45, 2.75) is 31.3 Å². The minimum Gasteiger partial charge on any atom is -0.274 e. The summed E-state index contributed by atoms with van der Waals surface area (Å²) in [5, 5.41) is 3.86. The lowest BCUT2D eigenvalue weighted by Gasteiger charge is -2.35. The van der Waals surface area contributed by atoms with E-state index < -0.39 is 16.2 Å². The molecule has 2 atom stereocenters. The van der Waals surface area contributed by atoms with Crippen LogP contribution in [0.3, 0.4) is 0 Å². The number of piperidine rings is 1. The molecule has 0 bridgehead atoms. The van der Waals surface area contributed by atoms with Gasteiger partial charge in [0.25, 0.3) is 0 Å². The Morgan fingerprint density at radius 1 is 1.47 bits per heavy atom. The van der Waals surface area contributed by atoms with Crippen LogP contribution >= 0.6 is 0 Å². The lowest BCUT2D eigenvalue weighted by atomic mass is 9.86. The number of hydrogen-bond donors (Lipinski definition) is 0. The first-order valence-electron chi connectivity index (χ1n) is 6.45. The molecular weight excluding hydrogens is 269 g/mol. The van der Waals surface area contributed by atoms with Crippen molar-refractivity contribution in [3.63, 3.8) is 0 Å². The van der Waals surface area contributed by atoms with Crippen molar-refractivity contribution in [3.8, 4) is 0 Å². The second-order valence-corrected chi connectivity index (χ2v) is 7.36. The summed E-state index contributed by atoms with van der Waals surface area (Å²) in [5.41, 5.74) is 0. The van der Waals surface area contributed by atoms with Crippen LogP contribution in [0.1, 0.15) is 20.3 Å². The summed E-state index contributed by atoms with van der Waals surface area (Å²) in [6.45, 7) is 4.27. The number of sulfonamides is 1. The number of aromatic nitrogens is 2. The molecule has 0 saturated carbocycles. The van der Waals surface area contributed by atoms with Crippen molar-refractivity contribution < 1.29 is 12.8 Å². The zero-order valence-electron chi connectivity index (χ0n) is 11.5. The standard InChI is InChI=1S/C12H20FN3O2S/c1-9(2)11-4-5-16(8-12(11)13)19(17,18)10-6-14-15(3)7-10/h6-7,9,11-12H,4-5,8H2,1-3H3/t11-,12-/m0/s1. The molecule has 5 nitrogen and oxygen atoms in total. The fourth-order valence-corrected chi connectivity index (χ4v) is 3.99. The molecule has 1 fully saturated rings. The highest BCUT2D eigenvalue weighted by atomic mass is 32.2. The van der Waals surface area contributed by atoms with Crippen LogP contribution in [0.25, 0.3) is 0 Å². The molecule has 2 heterocycles. The Morgan fingerprint density at radius 2 is 2.16 bits per heavy atom. The van der Waals surface area contributed by atoms with Crippen LogP contribution in [0.2, 0.25) is 0 Å². The predicted octanol–water partition coefficient (Wildman–Crippen LogP) is 1.42. The number of hydrogen-bond acceptors (Lipinski definition) is 3. The summed E-state index contributed by atoms with van der Waals surface area (Å²) in [4.78, 5) is 0.130. The Hall–Kier alpha value is -0.950. The van der Waals surface area contributed by atoms with Gasteiger partial charge in [-0.2, -0.15) is 9.40 Å². The predicted molar refractivity (Wildman–Crippen MR) is 69.8 cm³/mol. The van der Waals surface area contributed by atoms with E-state index in [9.17, 15) is 12.8 Å². The summed E-state index contributed by atoms with van der Waals surface area (Å²) in [7, 11) is -1.96. The van der Waals surface area contributed by atoms with Gasteiger partial charge in [0.15, 0.2) is 0 Å². The third-order valence-electron chi connectivity index (χ3n) is 3.73. The summed E-state index contributed by atoms with van der Waals surface area (Å²) in [6, 6.07) is 0. The van der Waals surface area contributed by atoms with Crippen LogP contribution in [0.15, 0.2) is 17.3 Å². The number of alkyl halides is 1. The van der Waals surface area contributed by atoms with Gasteiger partial charge in [-0.3, -0.25) is 4.68 Å². The Morgan fingerprint density at radius 3 is 2.63 bits per heavy atom. The number of rotatable bonds is 3. The molecule has 1 aliphatic heterocycles. The highest BCUT2D eigenvalue weighted by molar-refractivity contribution is 7.89. The van der Waals surface area contributed by atoms with Crippen LogP contribution < -0.4 is 0 Å². The van der Waals surface area contributed by atoms with Gasteiger partial charge in [-0.05, 0) is 18.3 Å².